The zero-order valence-electron chi connectivity index (χ0n) is 20.2. The number of hydrogen-bond acceptors (Lipinski definition) is 5. The van der Waals surface area contributed by atoms with E-state index in [0.717, 1.165) is 37.0 Å². The van der Waals surface area contributed by atoms with Gasteiger partial charge in [-0.2, -0.15) is 11.8 Å². The summed E-state index contributed by atoms with van der Waals surface area (Å²) in [5, 5.41) is 3.16. The highest BCUT2D eigenvalue weighted by atomic mass is 32.2. The van der Waals surface area contributed by atoms with Crippen LogP contribution in [0.5, 0.6) is 0 Å². The maximum Gasteiger partial charge on any atom is 0.224 e. The van der Waals surface area contributed by atoms with E-state index in [0.29, 0.717) is 11.6 Å². The van der Waals surface area contributed by atoms with Gasteiger partial charge in [-0.15, -0.1) is 0 Å². The quantitative estimate of drug-likeness (QED) is 0.198. The van der Waals surface area contributed by atoms with Gasteiger partial charge in [0.25, 0.3) is 0 Å². The van der Waals surface area contributed by atoms with Crippen LogP contribution in [-0.4, -0.2) is 34.2 Å². The number of thioether (sulfide) groups is 1. The van der Waals surface area contributed by atoms with Crippen molar-refractivity contribution in [2.45, 2.75) is 72.8 Å². The van der Waals surface area contributed by atoms with E-state index < -0.39 is 11.9 Å². The van der Waals surface area contributed by atoms with Gasteiger partial charge in [0, 0.05) is 17.7 Å². The number of amides is 1. The van der Waals surface area contributed by atoms with Crippen molar-refractivity contribution in [1.29, 1.82) is 0 Å². The number of nitrogens with one attached hydrogen (secondary N) is 1. The molecule has 0 bridgehead atoms. The summed E-state index contributed by atoms with van der Waals surface area (Å²) < 4.78 is 0. The van der Waals surface area contributed by atoms with Gasteiger partial charge in [-0.05, 0) is 78.0 Å². The summed E-state index contributed by atoms with van der Waals surface area (Å²) in [5.41, 5.74) is 10.4. The fourth-order valence-corrected chi connectivity index (χ4v) is 4.07. The Labute approximate surface area is 198 Å². The maximum atomic E-state index is 12.5. The Morgan fingerprint density at radius 2 is 1.75 bits per heavy atom. The third kappa shape index (κ3) is 13.2. The Morgan fingerprint density at radius 1 is 1.09 bits per heavy atom. The number of rotatable bonds is 15. The molecule has 6 heteroatoms. The van der Waals surface area contributed by atoms with Crippen molar-refractivity contribution in [3.05, 3.63) is 58.8 Å². The Balaban J connectivity index is 2.50. The zero-order valence-corrected chi connectivity index (χ0v) is 21.1. The van der Waals surface area contributed by atoms with Gasteiger partial charge in [-0.25, -0.2) is 4.98 Å². The summed E-state index contributed by atoms with van der Waals surface area (Å²) in [5.74, 6) is 1.19. The minimum atomic E-state index is -0.607. The van der Waals surface area contributed by atoms with Gasteiger partial charge in [0.1, 0.15) is 5.82 Å². The number of allylic oxidation sites excluding steroid dienone is 5. The van der Waals surface area contributed by atoms with E-state index in [2.05, 4.69) is 56.2 Å². The van der Waals surface area contributed by atoms with E-state index in [-0.39, 0.29) is 12.2 Å². The lowest BCUT2D eigenvalue weighted by Crippen LogP contribution is -2.35. The molecular formula is C26H39N3O2S. The fourth-order valence-electron chi connectivity index (χ4n) is 3.03. The van der Waals surface area contributed by atoms with Crippen LogP contribution in [0.2, 0.25) is 0 Å². The molecular weight excluding hydrogens is 418 g/mol. The van der Waals surface area contributed by atoms with E-state index in [9.17, 15) is 9.59 Å². The molecule has 0 aliphatic carbocycles. The topological polar surface area (TPSA) is 85.1 Å². The van der Waals surface area contributed by atoms with Gasteiger partial charge < -0.3 is 11.1 Å². The third-order valence-corrected chi connectivity index (χ3v) is 5.90. The highest BCUT2D eigenvalue weighted by Crippen LogP contribution is 2.15. The first kappa shape index (κ1) is 27.7. The van der Waals surface area contributed by atoms with Gasteiger partial charge in [0.05, 0.1) is 12.5 Å². The molecule has 0 aliphatic heterocycles. The van der Waals surface area contributed by atoms with E-state index in [1.54, 1.807) is 18.0 Å². The maximum absolute atomic E-state index is 12.5. The smallest absolute Gasteiger partial charge is 0.224 e. The molecule has 0 spiro atoms. The lowest BCUT2D eigenvalue weighted by atomic mass is 10.1. The van der Waals surface area contributed by atoms with Gasteiger partial charge >= 0.3 is 0 Å². The van der Waals surface area contributed by atoms with Crippen LogP contribution in [0.1, 0.15) is 65.4 Å². The average Bonchev–Trinajstić information content (AvgIpc) is 2.69. The minimum absolute atomic E-state index is 0.206. The molecule has 1 amide bonds. The summed E-state index contributed by atoms with van der Waals surface area (Å²) in [4.78, 5) is 27.9. The number of carbonyl (C=O) groups is 2. The highest BCUT2D eigenvalue weighted by Gasteiger charge is 2.20. The lowest BCUT2D eigenvalue weighted by Gasteiger charge is -2.17. The number of Topliss-reactive ketones (excluding diaryl/α,β-unsaturated/α-hetero) is 1. The molecule has 5 nitrogen and oxygen atoms in total. The van der Waals surface area contributed by atoms with Crippen LogP contribution in [0, 0.1) is 6.92 Å². The molecule has 1 atom stereocenters. The van der Waals surface area contributed by atoms with E-state index in [1.165, 1.54) is 16.7 Å². The Kier molecular flexibility index (Phi) is 13.4. The number of primary amides is 1. The summed E-state index contributed by atoms with van der Waals surface area (Å²) in [6.45, 7) is 10.6. The summed E-state index contributed by atoms with van der Waals surface area (Å²) in [7, 11) is 0. The van der Waals surface area contributed by atoms with Crippen LogP contribution in [0.25, 0.3) is 0 Å². The van der Waals surface area contributed by atoms with Crippen LogP contribution in [0.15, 0.2) is 53.3 Å². The summed E-state index contributed by atoms with van der Waals surface area (Å²) in [6, 6.07) is 3.28. The second-order valence-corrected chi connectivity index (χ2v) is 9.60. The largest absolute Gasteiger partial charge is 0.369 e. The number of nitrogens with zero attached hydrogens (tertiary/aromatic N) is 1. The van der Waals surface area contributed by atoms with Crippen molar-refractivity contribution in [3.63, 3.8) is 0 Å². The van der Waals surface area contributed by atoms with E-state index in [1.807, 2.05) is 19.1 Å². The molecule has 1 unspecified atom stereocenters. The van der Waals surface area contributed by atoms with Crippen LogP contribution in [0.4, 0.5) is 5.82 Å². The lowest BCUT2D eigenvalue weighted by molar-refractivity contribution is -0.126. The molecule has 0 saturated carbocycles. The molecule has 1 aromatic rings. The van der Waals surface area contributed by atoms with E-state index >= 15 is 0 Å². The first-order valence-electron chi connectivity index (χ1n) is 11.2. The molecule has 0 fully saturated rings. The van der Waals surface area contributed by atoms with E-state index in [4.69, 9.17) is 5.73 Å². The molecule has 32 heavy (non-hydrogen) atoms. The SMILES string of the molecule is CC(C)=CCC/C(C)=C/CC/C(C)=C/CSCC(Nc1cc(C)ccn1)C(=O)CC(N)=O. The Bertz CT molecular complexity index is 839. The number of nitrogens with two attached hydrogens (primary N) is 1. The van der Waals surface area contributed by atoms with Gasteiger partial charge in [0.2, 0.25) is 5.91 Å². The fraction of sp³-hybridized carbons (Fsp3) is 0.500. The number of aryl methyl sites for hydroxylation is 1. The Morgan fingerprint density at radius 3 is 2.38 bits per heavy atom. The second-order valence-electron chi connectivity index (χ2n) is 8.52. The predicted octanol–water partition coefficient (Wildman–Crippen LogP) is 5.77. The summed E-state index contributed by atoms with van der Waals surface area (Å²) in [6.07, 6.45) is 12.6. The molecule has 176 valence electrons. The zero-order chi connectivity index (χ0) is 23.9. The Hall–Kier alpha value is -2.34. The normalized spacial score (nSPS) is 12.9. The number of anilines is 1. The first-order valence-corrected chi connectivity index (χ1v) is 12.4. The van der Waals surface area contributed by atoms with Crippen molar-refractivity contribution in [1.82, 2.24) is 4.98 Å². The molecule has 3 N–H and O–H groups in total. The van der Waals surface area contributed by atoms with Crippen molar-refractivity contribution in [2.75, 3.05) is 16.8 Å². The van der Waals surface area contributed by atoms with Crippen LogP contribution in [0.3, 0.4) is 0 Å². The monoisotopic (exact) mass is 457 g/mol. The van der Waals surface area contributed by atoms with Crippen LogP contribution < -0.4 is 11.1 Å². The third-order valence-electron chi connectivity index (χ3n) is 4.93. The molecule has 0 saturated heterocycles. The molecule has 0 aromatic carbocycles. The number of ketones is 1. The first-order chi connectivity index (χ1) is 15.2. The minimum Gasteiger partial charge on any atom is -0.369 e. The molecule has 1 aromatic heterocycles. The highest BCUT2D eigenvalue weighted by molar-refractivity contribution is 7.99. The average molecular weight is 458 g/mol. The van der Waals surface area contributed by atoms with Crippen LogP contribution >= 0.6 is 11.8 Å². The molecule has 0 radical (unpaired) electrons. The van der Waals surface area contributed by atoms with Crippen LogP contribution in [-0.2, 0) is 9.59 Å². The number of pyridine rings is 1. The standard InChI is InChI=1S/C26H39N3O2S/c1-19(2)8-6-9-20(3)10-7-11-21(4)13-15-32-18-23(24(30)17-25(27)31)29-26-16-22(5)12-14-28-26/h8,10,12-14,16,23H,6-7,9,11,15,17-18H2,1-5H3,(H2,27,31)(H,28,29)/b20-10+,21-13+. The number of hydrogen-bond donors (Lipinski definition) is 2. The van der Waals surface area contributed by atoms with Gasteiger partial charge in [-0.1, -0.05) is 34.9 Å². The van der Waals surface area contributed by atoms with Crippen molar-refractivity contribution in [3.8, 4) is 0 Å². The van der Waals surface area contributed by atoms with Crippen molar-refractivity contribution >= 4 is 29.3 Å². The van der Waals surface area contributed by atoms with Crippen molar-refractivity contribution in [2.24, 2.45) is 5.73 Å². The van der Waals surface area contributed by atoms with Crippen molar-refractivity contribution < 1.29 is 9.59 Å². The van der Waals surface area contributed by atoms with Gasteiger partial charge in [0.15, 0.2) is 5.78 Å². The number of carbonyl (C=O) groups excluding carboxylic acids is 2. The number of aromatic nitrogens is 1. The molecule has 0 aliphatic rings. The van der Waals surface area contributed by atoms with Gasteiger partial charge in [-0.3, -0.25) is 9.59 Å². The summed E-state index contributed by atoms with van der Waals surface area (Å²) >= 11 is 1.66. The predicted molar refractivity (Wildman–Crippen MR) is 138 cm³/mol. The molecule has 1 rings (SSSR count). The second kappa shape index (κ2) is 15.5. The molecule has 1 heterocycles.